The van der Waals surface area contributed by atoms with Gasteiger partial charge in [0.05, 0.1) is 28.1 Å². The summed E-state index contributed by atoms with van der Waals surface area (Å²) in [5.74, 6) is 0.553. The van der Waals surface area contributed by atoms with Gasteiger partial charge in [-0.25, -0.2) is 8.42 Å². The monoisotopic (exact) mass is 422 g/mol. The van der Waals surface area contributed by atoms with Gasteiger partial charge in [-0.1, -0.05) is 6.92 Å². The summed E-state index contributed by atoms with van der Waals surface area (Å²) in [6, 6.07) is 8.24. The standard InChI is InChI=1S/C19H22N2O5S2/c1-3-16-19(23)21-15-10-14(6-7-17(15)27-16)28(24,25)9-8-18(22)20-11-13-5-4-12(2)26-13/h4-7,10,16H,3,8-9,11H2,1-2H3,(H,20,22)(H,21,23)/t16-/m0/s1. The van der Waals surface area contributed by atoms with Crippen molar-refractivity contribution >= 4 is 39.1 Å². The van der Waals surface area contributed by atoms with Crippen LogP contribution in [0.1, 0.15) is 31.3 Å². The van der Waals surface area contributed by atoms with Crippen LogP contribution in [0.2, 0.25) is 0 Å². The molecule has 2 heterocycles. The van der Waals surface area contributed by atoms with Gasteiger partial charge in [-0.15, -0.1) is 11.8 Å². The normalized spacial score (nSPS) is 16.4. The molecule has 1 aromatic heterocycles. The highest BCUT2D eigenvalue weighted by molar-refractivity contribution is 8.01. The number of nitrogens with one attached hydrogen (secondary N) is 2. The summed E-state index contributed by atoms with van der Waals surface area (Å²) < 4.78 is 30.5. The van der Waals surface area contributed by atoms with Crippen LogP contribution in [0.4, 0.5) is 5.69 Å². The average Bonchev–Trinajstić information content (AvgIpc) is 3.09. The number of benzene rings is 1. The van der Waals surface area contributed by atoms with E-state index in [0.29, 0.717) is 17.9 Å². The molecule has 0 aliphatic carbocycles. The van der Waals surface area contributed by atoms with E-state index in [2.05, 4.69) is 10.6 Å². The number of fused-ring (bicyclic) bond motifs is 1. The molecule has 9 heteroatoms. The lowest BCUT2D eigenvalue weighted by Gasteiger charge is -2.23. The molecule has 150 valence electrons. The summed E-state index contributed by atoms with van der Waals surface area (Å²) in [5, 5.41) is 5.24. The Balaban J connectivity index is 1.61. The van der Waals surface area contributed by atoms with Crippen LogP contribution in [0.25, 0.3) is 0 Å². The SMILES string of the molecule is CC[C@@H]1Sc2ccc(S(=O)(=O)CCC(=O)NCc3ccc(C)o3)cc2NC1=O. The van der Waals surface area contributed by atoms with Gasteiger partial charge >= 0.3 is 0 Å². The molecule has 0 spiro atoms. The molecule has 3 rings (SSSR count). The summed E-state index contributed by atoms with van der Waals surface area (Å²) >= 11 is 1.43. The summed E-state index contributed by atoms with van der Waals surface area (Å²) in [4.78, 5) is 24.9. The maximum absolute atomic E-state index is 12.6. The molecule has 1 aliphatic rings. The molecule has 2 aromatic rings. The Morgan fingerprint density at radius 2 is 2.07 bits per heavy atom. The second-order valence-corrected chi connectivity index (χ2v) is 9.87. The van der Waals surface area contributed by atoms with Gasteiger partial charge in [0, 0.05) is 11.3 Å². The number of thioether (sulfide) groups is 1. The van der Waals surface area contributed by atoms with Crippen molar-refractivity contribution in [3.63, 3.8) is 0 Å². The lowest BCUT2D eigenvalue weighted by Crippen LogP contribution is -2.28. The molecule has 1 aromatic carbocycles. The fourth-order valence-electron chi connectivity index (χ4n) is 2.79. The Bertz CT molecular complexity index is 998. The van der Waals surface area contributed by atoms with Gasteiger partial charge in [-0.05, 0) is 43.7 Å². The molecule has 1 aliphatic heterocycles. The van der Waals surface area contributed by atoms with E-state index in [1.165, 1.54) is 23.9 Å². The largest absolute Gasteiger partial charge is 0.465 e. The van der Waals surface area contributed by atoms with Crippen LogP contribution < -0.4 is 10.6 Å². The smallest absolute Gasteiger partial charge is 0.237 e. The molecule has 0 radical (unpaired) electrons. The van der Waals surface area contributed by atoms with Gasteiger partial charge in [-0.2, -0.15) is 0 Å². The fraction of sp³-hybridized carbons (Fsp3) is 0.368. The molecule has 0 unspecified atom stereocenters. The molecular weight excluding hydrogens is 400 g/mol. The van der Waals surface area contributed by atoms with Gasteiger partial charge in [0.2, 0.25) is 11.8 Å². The van der Waals surface area contributed by atoms with Crippen molar-refractivity contribution in [2.75, 3.05) is 11.1 Å². The van der Waals surface area contributed by atoms with Gasteiger partial charge in [-0.3, -0.25) is 9.59 Å². The predicted octanol–water partition coefficient (Wildman–Crippen LogP) is 2.89. The van der Waals surface area contributed by atoms with Crippen molar-refractivity contribution in [1.82, 2.24) is 5.32 Å². The number of rotatable bonds is 7. The molecule has 28 heavy (non-hydrogen) atoms. The minimum atomic E-state index is -3.65. The first kappa shape index (κ1) is 20.5. The number of carbonyl (C=O) groups excluding carboxylic acids is 2. The van der Waals surface area contributed by atoms with Crippen molar-refractivity contribution < 1.29 is 22.4 Å². The molecule has 1 atom stereocenters. The van der Waals surface area contributed by atoms with E-state index in [1.54, 1.807) is 25.1 Å². The third-order valence-corrected chi connectivity index (χ3v) is 7.51. The molecule has 2 N–H and O–H groups in total. The van der Waals surface area contributed by atoms with Crippen LogP contribution in [0.3, 0.4) is 0 Å². The second-order valence-electron chi connectivity index (χ2n) is 6.52. The van der Waals surface area contributed by atoms with Crippen molar-refractivity contribution in [1.29, 1.82) is 0 Å². The Kier molecular flexibility index (Phi) is 6.14. The minimum absolute atomic E-state index is 0.0940. The highest BCUT2D eigenvalue weighted by atomic mass is 32.2. The number of amides is 2. The van der Waals surface area contributed by atoms with Crippen LogP contribution in [0, 0.1) is 6.92 Å². The highest BCUT2D eigenvalue weighted by Crippen LogP contribution is 2.38. The van der Waals surface area contributed by atoms with E-state index in [0.717, 1.165) is 10.7 Å². The van der Waals surface area contributed by atoms with Crippen LogP contribution >= 0.6 is 11.8 Å². The Labute approximate surface area is 168 Å². The summed E-state index contributed by atoms with van der Waals surface area (Å²) in [6.45, 7) is 3.95. The van der Waals surface area contributed by atoms with Crippen molar-refractivity contribution in [2.45, 2.75) is 48.3 Å². The third-order valence-electron chi connectivity index (χ3n) is 4.35. The topological polar surface area (TPSA) is 105 Å². The molecular formula is C19H22N2O5S2. The molecule has 0 bridgehead atoms. The fourth-order valence-corrected chi connectivity index (χ4v) is 5.08. The number of sulfone groups is 1. The average molecular weight is 423 g/mol. The molecule has 0 saturated heterocycles. The number of hydrogen-bond donors (Lipinski definition) is 2. The van der Waals surface area contributed by atoms with Crippen LogP contribution in [-0.4, -0.2) is 31.2 Å². The Morgan fingerprint density at radius 3 is 2.75 bits per heavy atom. The van der Waals surface area contributed by atoms with E-state index in [4.69, 9.17) is 4.42 Å². The second kappa shape index (κ2) is 8.40. The first-order valence-corrected chi connectivity index (χ1v) is 11.5. The minimum Gasteiger partial charge on any atom is -0.465 e. The van der Waals surface area contributed by atoms with Gasteiger partial charge in [0.15, 0.2) is 9.84 Å². The number of aryl methyl sites for hydroxylation is 1. The van der Waals surface area contributed by atoms with Gasteiger partial charge in [0.1, 0.15) is 11.5 Å². The molecule has 0 fully saturated rings. The first-order valence-electron chi connectivity index (χ1n) is 8.95. The number of furan rings is 1. The van der Waals surface area contributed by atoms with Crippen molar-refractivity contribution in [3.8, 4) is 0 Å². The zero-order valence-corrected chi connectivity index (χ0v) is 17.3. The summed E-state index contributed by atoms with van der Waals surface area (Å²) in [6.07, 6.45) is 0.542. The maximum atomic E-state index is 12.6. The Hall–Kier alpha value is -2.26. The molecule has 2 amide bonds. The molecule has 0 saturated carbocycles. The van der Waals surface area contributed by atoms with E-state index >= 15 is 0 Å². The molecule has 7 nitrogen and oxygen atoms in total. The van der Waals surface area contributed by atoms with Crippen LogP contribution in [0.5, 0.6) is 0 Å². The van der Waals surface area contributed by atoms with Crippen molar-refractivity contribution in [3.05, 3.63) is 41.9 Å². The van der Waals surface area contributed by atoms with Crippen molar-refractivity contribution in [2.24, 2.45) is 0 Å². The zero-order valence-electron chi connectivity index (χ0n) is 15.7. The number of anilines is 1. The Morgan fingerprint density at radius 1 is 1.29 bits per heavy atom. The van der Waals surface area contributed by atoms with E-state index in [-0.39, 0.29) is 40.7 Å². The zero-order chi connectivity index (χ0) is 20.3. The number of hydrogen-bond acceptors (Lipinski definition) is 6. The van der Waals surface area contributed by atoms with Gasteiger partial charge in [0.25, 0.3) is 0 Å². The first-order chi connectivity index (χ1) is 13.3. The lowest BCUT2D eigenvalue weighted by molar-refractivity contribution is -0.121. The van der Waals surface area contributed by atoms with E-state index in [1.807, 2.05) is 6.92 Å². The summed E-state index contributed by atoms with van der Waals surface area (Å²) in [7, 11) is -3.65. The van der Waals surface area contributed by atoms with Crippen LogP contribution in [0.15, 0.2) is 44.5 Å². The van der Waals surface area contributed by atoms with E-state index in [9.17, 15) is 18.0 Å². The van der Waals surface area contributed by atoms with E-state index < -0.39 is 9.84 Å². The maximum Gasteiger partial charge on any atom is 0.237 e. The van der Waals surface area contributed by atoms with Crippen LogP contribution in [-0.2, 0) is 26.0 Å². The lowest BCUT2D eigenvalue weighted by atomic mass is 10.2. The predicted molar refractivity (Wildman–Crippen MR) is 107 cm³/mol. The third kappa shape index (κ3) is 4.77. The van der Waals surface area contributed by atoms with Gasteiger partial charge < -0.3 is 15.1 Å². The quantitative estimate of drug-likeness (QED) is 0.711. The number of carbonyl (C=O) groups is 2. The summed E-state index contributed by atoms with van der Waals surface area (Å²) in [5.41, 5.74) is 0.499. The highest BCUT2D eigenvalue weighted by Gasteiger charge is 2.27.